The van der Waals surface area contributed by atoms with Gasteiger partial charge in [0.1, 0.15) is 0 Å². The SMILES string of the molecule is CC(C)OC(=O)C1(C(=O)c2cccc(S(C)=O)c2)CCn2cccc21. The zero-order chi connectivity index (χ0) is 18.2. The minimum Gasteiger partial charge on any atom is -0.462 e. The van der Waals surface area contributed by atoms with Crippen molar-refractivity contribution in [1.82, 2.24) is 4.57 Å². The van der Waals surface area contributed by atoms with Crippen LogP contribution in [0.15, 0.2) is 47.5 Å². The van der Waals surface area contributed by atoms with Crippen molar-refractivity contribution in [2.75, 3.05) is 6.26 Å². The van der Waals surface area contributed by atoms with Crippen LogP contribution in [0.5, 0.6) is 0 Å². The number of fused-ring (bicyclic) bond motifs is 1. The van der Waals surface area contributed by atoms with E-state index in [2.05, 4.69) is 0 Å². The highest BCUT2D eigenvalue weighted by atomic mass is 32.2. The molecule has 0 amide bonds. The lowest BCUT2D eigenvalue weighted by molar-refractivity contribution is -0.152. The monoisotopic (exact) mass is 359 g/mol. The maximum absolute atomic E-state index is 13.4. The molecule has 0 saturated carbocycles. The van der Waals surface area contributed by atoms with Gasteiger partial charge >= 0.3 is 5.97 Å². The highest BCUT2D eigenvalue weighted by Gasteiger charge is 2.53. The maximum atomic E-state index is 13.4. The van der Waals surface area contributed by atoms with E-state index in [0.717, 1.165) is 0 Å². The number of aromatic nitrogens is 1. The van der Waals surface area contributed by atoms with Crippen LogP contribution in [0.25, 0.3) is 0 Å². The second-order valence-electron chi connectivity index (χ2n) is 6.51. The van der Waals surface area contributed by atoms with Crippen LogP contribution in [-0.4, -0.2) is 32.9 Å². The van der Waals surface area contributed by atoms with Crippen LogP contribution >= 0.6 is 0 Å². The van der Waals surface area contributed by atoms with Gasteiger partial charge in [-0.1, -0.05) is 12.1 Å². The van der Waals surface area contributed by atoms with E-state index in [9.17, 15) is 13.8 Å². The predicted molar refractivity (Wildman–Crippen MR) is 95.1 cm³/mol. The second kappa shape index (κ2) is 6.59. The molecule has 1 aliphatic rings. The fourth-order valence-electron chi connectivity index (χ4n) is 3.32. The third kappa shape index (κ3) is 2.95. The summed E-state index contributed by atoms with van der Waals surface area (Å²) in [5.41, 5.74) is -0.309. The van der Waals surface area contributed by atoms with Crippen LogP contribution in [0.4, 0.5) is 0 Å². The summed E-state index contributed by atoms with van der Waals surface area (Å²) in [6, 6.07) is 10.3. The molecular weight excluding hydrogens is 338 g/mol. The molecule has 132 valence electrons. The third-order valence-corrected chi connectivity index (χ3v) is 5.42. The van der Waals surface area contributed by atoms with Gasteiger partial charge in [0, 0.05) is 45.9 Å². The van der Waals surface area contributed by atoms with Gasteiger partial charge in [-0.2, -0.15) is 0 Å². The lowest BCUT2D eigenvalue weighted by atomic mass is 9.76. The van der Waals surface area contributed by atoms with Gasteiger partial charge in [-0.3, -0.25) is 13.8 Å². The average molecular weight is 359 g/mol. The number of esters is 1. The highest BCUT2D eigenvalue weighted by Crippen LogP contribution is 2.40. The molecule has 5 nitrogen and oxygen atoms in total. The maximum Gasteiger partial charge on any atom is 0.326 e. The van der Waals surface area contributed by atoms with Crippen molar-refractivity contribution in [1.29, 1.82) is 0 Å². The molecule has 2 aromatic rings. The molecular formula is C19H21NO4S. The molecule has 2 atom stereocenters. The minimum absolute atomic E-state index is 0.303. The smallest absolute Gasteiger partial charge is 0.326 e. The molecule has 0 fully saturated rings. The summed E-state index contributed by atoms with van der Waals surface area (Å²) >= 11 is 0. The second-order valence-corrected chi connectivity index (χ2v) is 7.89. The van der Waals surface area contributed by atoms with Gasteiger partial charge in [-0.25, -0.2) is 0 Å². The zero-order valence-electron chi connectivity index (χ0n) is 14.5. The summed E-state index contributed by atoms with van der Waals surface area (Å²) < 4.78 is 19.1. The van der Waals surface area contributed by atoms with E-state index in [1.807, 2.05) is 16.8 Å². The van der Waals surface area contributed by atoms with Crippen molar-refractivity contribution in [2.45, 2.75) is 43.2 Å². The van der Waals surface area contributed by atoms with Gasteiger partial charge in [0.05, 0.1) is 6.10 Å². The van der Waals surface area contributed by atoms with Crippen molar-refractivity contribution < 1.29 is 18.5 Å². The predicted octanol–water partition coefficient (Wildman–Crippen LogP) is 2.70. The van der Waals surface area contributed by atoms with E-state index in [-0.39, 0.29) is 11.9 Å². The number of rotatable bonds is 5. The van der Waals surface area contributed by atoms with E-state index in [4.69, 9.17) is 4.74 Å². The zero-order valence-corrected chi connectivity index (χ0v) is 15.3. The summed E-state index contributed by atoms with van der Waals surface area (Å²) in [6.07, 6.45) is 3.49. The molecule has 3 rings (SSSR count). The highest BCUT2D eigenvalue weighted by molar-refractivity contribution is 7.84. The summed E-state index contributed by atoms with van der Waals surface area (Å²) in [4.78, 5) is 26.9. The fourth-order valence-corrected chi connectivity index (χ4v) is 3.88. The largest absolute Gasteiger partial charge is 0.462 e. The van der Waals surface area contributed by atoms with E-state index < -0.39 is 22.2 Å². The van der Waals surface area contributed by atoms with Gasteiger partial charge in [0.15, 0.2) is 11.2 Å². The van der Waals surface area contributed by atoms with Crippen LogP contribution in [0.1, 0.15) is 36.3 Å². The molecule has 1 aliphatic heterocycles. The molecule has 0 N–H and O–H groups in total. The first kappa shape index (κ1) is 17.6. The van der Waals surface area contributed by atoms with Crippen molar-refractivity contribution in [2.24, 2.45) is 0 Å². The molecule has 1 aromatic carbocycles. The summed E-state index contributed by atoms with van der Waals surface area (Å²) in [7, 11) is -1.20. The molecule has 1 aromatic heterocycles. The minimum atomic E-state index is -1.35. The summed E-state index contributed by atoms with van der Waals surface area (Å²) in [6.45, 7) is 4.12. The third-order valence-electron chi connectivity index (χ3n) is 4.50. The molecule has 6 heteroatoms. The molecule has 2 heterocycles. The number of benzene rings is 1. The molecule has 0 aliphatic carbocycles. The van der Waals surface area contributed by atoms with Crippen LogP contribution in [0, 0.1) is 0 Å². The van der Waals surface area contributed by atoms with Gasteiger partial charge in [-0.05, 0) is 44.5 Å². The van der Waals surface area contributed by atoms with E-state index in [1.54, 1.807) is 50.4 Å². The Labute approximate surface area is 149 Å². The van der Waals surface area contributed by atoms with E-state index >= 15 is 0 Å². The molecule has 0 bridgehead atoms. The quantitative estimate of drug-likeness (QED) is 0.468. The van der Waals surface area contributed by atoms with Crippen LogP contribution in [-0.2, 0) is 32.3 Å². The summed E-state index contributed by atoms with van der Waals surface area (Å²) in [5.74, 6) is -0.823. The lowest BCUT2D eigenvalue weighted by Crippen LogP contribution is -2.44. The van der Waals surface area contributed by atoms with Crippen LogP contribution in [0.2, 0.25) is 0 Å². The Balaban J connectivity index is 2.10. The van der Waals surface area contributed by atoms with Gasteiger partial charge < -0.3 is 9.30 Å². The van der Waals surface area contributed by atoms with Crippen molar-refractivity contribution >= 4 is 22.6 Å². The fraction of sp³-hybridized carbons (Fsp3) is 0.368. The number of nitrogens with zero attached hydrogens (tertiary/aromatic N) is 1. The first-order valence-electron chi connectivity index (χ1n) is 8.21. The normalized spacial score (nSPS) is 20.3. The number of ketones is 1. The van der Waals surface area contributed by atoms with Crippen molar-refractivity contribution in [3.05, 3.63) is 53.9 Å². The first-order chi connectivity index (χ1) is 11.9. The number of carbonyl (C=O) groups excluding carboxylic acids is 2. The molecule has 0 spiro atoms. The Morgan fingerprint density at radius 1 is 1.24 bits per heavy atom. The van der Waals surface area contributed by atoms with Crippen LogP contribution < -0.4 is 0 Å². The lowest BCUT2D eigenvalue weighted by Gasteiger charge is -2.26. The molecule has 0 saturated heterocycles. The average Bonchev–Trinajstić information content (AvgIpc) is 3.16. The number of hydrogen-bond acceptors (Lipinski definition) is 4. The number of hydrogen-bond donors (Lipinski definition) is 0. The Kier molecular flexibility index (Phi) is 4.64. The first-order valence-corrected chi connectivity index (χ1v) is 9.77. The Morgan fingerprint density at radius 2 is 2.00 bits per heavy atom. The number of Topliss-reactive ketones (excluding diaryl/α,β-unsaturated/α-hetero) is 1. The van der Waals surface area contributed by atoms with Crippen molar-refractivity contribution in [3.8, 4) is 0 Å². The number of aryl methyl sites for hydroxylation is 1. The van der Waals surface area contributed by atoms with E-state index in [0.29, 0.717) is 29.1 Å². The molecule has 0 radical (unpaired) electrons. The topological polar surface area (TPSA) is 65.4 Å². The number of carbonyl (C=O) groups is 2. The Hall–Kier alpha value is -2.21. The van der Waals surface area contributed by atoms with Crippen molar-refractivity contribution in [3.63, 3.8) is 0 Å². The Morgan fingerprint density at radius 3 is 2.68 bits per heavy atom. The van der Waals surface area contributed by atoms with E-state index in [1.165, 1.54) is 0 Å². The summed E-state index contributed by atoms with van der Waals surface area (Å²) in [5, 5.41) is 0. The van der Waals surface area contributed by atoms with Gasteiger partial charge in [0.2, 0.25) is 0 Å². The van der Waals surface area contributed by atoms with Crippen LogP contribution in [0.3, 0.4) is 0 Å². The Bertz CT molecular complexity index is 855. The van der Waals surface area contributed by atoms with Gasteiger partial charge in [0.25, 0.3) is 0 Å². The van der Waals surface area contributed by atoms with Gasteiger partial charge in [-0.15, -0.1) is 0 Å². The molecule has 2 unspecified atom stereocenters. The standard InChI is InChI=1S/C19H21NO4S/c1-13(2)24-18(22)19(9-11-20-10-5-8-16(19)20)17(21)14-6-4-7-15(12-14)25(3)23/h4-8,10,12-13H,9,11H2,1-3H3. The number of ether oxygens (including phenoxy) is 1. The molecule has 25 heavy (non-hydrogen) atoms.